The second kappa shape index (κ2) is 23.8. The average molecular weight is 851 g/mol. The van der Waals surface area contributed by atoms with Crippen LogP contribution in [0, 0.1) is 23.7 Å². The third kappa shape index (κ3) is 19.8. The fourth-order valence-corrected chi connectivity index (χ4v) is 10.6. The molecule has 0 aliphatic heterocycles. The molecule has 1 rings (SSSR count). The van der Waals surface area contributed by atoms with Crippen molar-refractivity contribution >= 4 is 47.7 Å². The predicted octanol–water partition coefficient (Wildman–Crippen LogP) is 2.65. The first-order chi connectivity index (χ1) is 25.8. The van der Waals surface area contributed by atoms with E-state index in [4.69, 9.17) is 0 Å². The highest BCUT2D eigenvalue weighted by Crippen LogP contribution is 2.17. The van der Waals surface area contributed by atoms with Crippen LogP contribution < -0.4 is 16.0 Å². The Morgan fingerprint density at radius 3 is 1.52 bits per heavy atom. The molecule has 0 bridgehead atoms. The number of likely N-dealkylation sites (N-methyl/N-ethyl adjacent to an activating group) is 1. The molecule has 324 valence electrons. The number of hydrogen-bond acceptors (Lipinski definition) is 10. The Balaban J connectivity index is 3.42. The number of carbonyl (C=O) groups is 3. The molecule has 0 heterocycles. The van der Waals surface area contributed by atoms with Gasteiger partial charge in [-0.05, 0) is 56.0 Å². The molecule has 1 aromatic rings. The molecule has 0 aliphatic carbocycles. The van der Waals surface area contributed by atoms with Gasteiger partial charge in [-0.3, -0.25) is 14.4 Å². The standard InChI is InChI=1S/C38H70N6O9S3/c1-12-31(8)36(39-10)23-42(54(11,48)49)24-37(46)40-35(19-29(4)5)22-44(55(50,51)26-30(6)7)25-38(47)41-34(18-28(2)3)21-43(20-32(9)45)56(52,53)27-33-16-14-13-15-17-33/h13-17,28-31,34-36,39H,12,18-27H2,1-11H3,(H,40,46)(H,41,47)/t31?,34-,35-,36+/m0/s1. The van der Waals surface area contributed by atoms with Crippen molar-refractivity contribution in [2.24, 2.45) is 23.7 Å². The quantitative estimate of drug-likeness (QED) is 0.113. The Morgan fingerprint density at radius 2 is 1.12 bits per heavy atom. The lowest BCUT2D eigenvalue weighted by Gasteiger charge is -2.32. The number of nitrogens with zero attached hydrogens (tertiary/aromatic N) is 3. The summed E-state index contributed by atoms with van der Waals surface area (Å²) < 4.78 is 83.6. The van der Waals surface area contributed by atoms with Crippen molar-refractivity contribution in [1.29, 1.82) is 0 Å². The van der Waals surface area contributed by atoms with Crippen LogP contribution in [0.5, 0.6) is 0 Å². The summed E-state index contributed by atoms with van der Waals surface area (Å²) in [6.45, 7) is 14.5. The predicted molar refractivity (Wildman–Crippen MR) is 223 cm³/mol. The highest BCUT2D eigenvalue weighted by atomic mass is 32.2. The lowest BCUT2D eigenvalue weighted by Crippen LogP contribution is -2.54. The van der Waals surface area contributed by atoms with Crippen LogP contribution in [0.3, 0.4) is 0 Å². The van der Waals surface area contributed by atoms with Gasteiger partial charge in [0, 0.05) is 37.8 Å². The first-order valence-electron chi connectivity index (χ1n) is 19.5. The van der Waals surface area contributed by atoms with E-state index >= 15 is 0 Å². The Labute approximate surface area is 338 Å². The largest absolute Gasteiger partial charge is 0.351 e. The summed E-state index contributed by atoms with van der Waals surface area (Å²) in [6.07, 6.45) is 2.51. The van der Waals surface area contributed by atoms with Gasteiger partial charge in [-0.1, -0.05) is 92.1 Å². The van der Waals surface area contributed by atoms with Gasteiger partial charge in [-0.25, -0.2) is 25.3 Å². The van der Waals surface area contributed by atoms with Crippen molar-refractivity contribution in [1.82, 2.24) is 28.9 Å². The minimum Gasteiger partial charge on any atom is -0.351 e. The molecule has 1 aromatic carbocycles. The number of hydrogen-bond donors (Lipinski definition) is 3. The lowest BCUT2D eigenvalue weighted by atomic mass is 9.99. The van der Waals surface area contributed by atoms with E-state index in [1.807, 2.05) is 41.5 Å². The van der Waals surface area contributed by atoms with Gasteiger partial charge in [0.25, 0.3) is 0 Å². The maximum absolute atomic E-state index is 13.8. The van der Waals surface area contributed by atoms with Crippen molar-refractivity contribution in [3.05, 3.63) is 35.9 Å². The summed E-state index contributed by atoms with van der Waals surface area (Å²) >= 11 is 0. The maximum Gasteiger partial charge on any atom is 0.235 e. The number of benzene rings is 1. The monoisotopic (exact) mass is 850 g/mol. The smallest absolute Gasteiger partial charge is 0.235 e. The number of Topliss-reactive ketones (excluding diaryl/α,β-unsaturated/α-hetero) is 1. The lowest BCUT2D eigenvalue weighted by molar-refractivity contribution is -0.122. The number of ketones is 1. The van der Waals surface area contributed by atoms with Crippen LogP contribution in [0.25, 0.3) is 0 Å². The van der Waals surface area contributed by atoms with E-state index in [1.54, 1.807) is 51.2 Å². The number of sulfonamides is 3. The molecule has 0 saturated carbocycles. The molecule has 3 N–H and O–H groups in total. The zero-order chi connectivity index (χ0) is 43.0. The van der Waals surface area contributed by atoms with Crippen LogP contribution in [-0.2, 0) is 50.2 Å². The topological polar surface area (TPSA) is 199 Å². The van der Waals surface area contributed by atoms with Gasteiger partial charge >= 0.3 is 0 Å². The second-order valence-corrected chi connectivity index (χ2v) is 22.3. The van der Waals surface area contributed by atoms with Crippen LogP contribution in [0.1, 0.15) is 87.1 Å². The highest BCUT2D eigenvalue weighted by molar-refractivity contribution is 7.89. The zero-order valence-corrected chi connectivity index (χ0v) is 37.9. The molecule has 0 saturated heterocycles. The SMILES string of the molecule is CCC(C)[C@@H](CN(CC(=O)N[C@@H](CC(C)C)CN(CC(=O)N[C@@H](CC(C)C)CN(CC(C)=O)S(=O)(=O)Cc1ccccc1)S(=O)(=O)CC(C)C)S(C)(=O)=O)NC. The molecule has 4 atom stereocenters. The number of nitrogens with one attached hydrogen (secondary N) is 3. The van der Waals surface area contributed by atoms with E-state index in [0.717, 1.165) is 25.6 Å². The number of amides is 2. The highest BCUT2D eigenvalue weighted by Gasteiger charge is 2.33. The molecule has 0 spiro atoms. The van der Waals surface area contributed by atoms with E-state index in [9.17, 15) is 39.6 Å². The van der Waals surface area contributed by atoms with Crippen molar-refractivity contribution in [2.45, 2.75) is 105 Å². The van der Waals surface area contributed by atoms with Crippen LogP contribution in [0.2, 0.25) is 0 Å². The Hall–Kier alpha value is -2.48. The van der Waals surface area contributed by atoms with E-state index in [0.29, 0.717) is 18.4 Å². The van der Waals surface area contributed by atoms with E-state index in [2.05, 4.69) is 16.0 Å². The van der Waals surface area contributed by atoms with Crippen molar-refractivity contribution < 1.29 is 39.6 Å². The molecule has 1 unspecified atom stereocenters. The van der Waals surface area contributed by atoms with Gasteiger partial charge in [0.05, 0.1) is 37.4 Å². The normalized spacial score (nSPS) is 15.1. The first kappa shape index (κ1) is 51.5. The van der Waals surface area contributed by atoms with Crippen LogP contribution in [0.15, 0.2) is 30.3 Å². The molecule has 56 heavy (non-hydrogen) atoms. The van der Waals surface area contributed by atoms with Crippen LogP contribution >= 0.6 is 0 Å². The Kier molecular flexibility index (Phi) is 21.9. The fourth-order valence-electron chi connectivity index (χ4n) is 6.44. The van der Waals surface area contributed by atoms with E-state index in [1.165, 1.54) is 6.92 Å². The summed E-state index contributed by atoms with van der Waals surface area (Å²) in [5.41, 5.74) is 0.539. The van der Waals surface area contributed by atoms with Crippen molar-refractivity contribution in [2.75, 3.05) is 58.3 Å². The molecule has 0 fully saturated rings. The minimum atomic E-state index is -4.06. The molecule has 15 nitrogen and oxygen atoms in total. The third-order valence-corrected chi connectivity index (χ3v) is 14.4. The van der Waals surface area contributed by atoms with E-state index in [-0.39, 0.29) is 66.6 Å². The number of carbonyl (C=O) groups excluding carboxylic acids is 3. The summed E-state index contributed by atoms with van der Waals surface area (Å²) in [7, 11) is -10.1. The summed E-state index contributed by atoms with van der Waals surface area (Å²) in [6, 6.07) is 6.82. The van der Waals surface area contributed by atoms with Gasteiger partial charge in [0.1, 0.15) is 5.78 Å². The minimum absolute atomic E-state index is 0.00258. The van der Waals surface area contributed by atoms with Crippen LogP contribution in [0.4, 0.5) is 0 Å². The van der Waals surface area contributed by atoms with Gasteiger partial charge < -0.3 is 16.0 Å². The molecule has 2 amide bonds. The molecular weight excluding hydrogens is 781 g/mol. The third-order valence-electron chi connectivity index (χ3n) is 9.22. The number of rotatable bonds is 28. The Morgan fingerprint density at radius 1 is 0.661 bits per heavy atom. The molecular formula is C38H70N6O9S3. The molecule has 18 heteroatoms. The van der Waals surface area contributed by atoms with Gasteiger partial charge in [0.15, 0.2) is 0 Å². The first-order valence-corrected chi connectivity index (χ1v) is 24.6. The summed E-state index contributed by atoms with van der Waals surface area (Å²) in [5, 5.41) is 8.84. The average Bonchev–Trinajstić information content (AvgIpc) is 3.03. The summed E-state index contributed by atoms with van der Waals surface area (Å²) in [5.74, 6) is -2.44. The van der Waals surface area contributed by atoms with Gasteiger partial charge in [-0.2, -0.15) is 12.9 Å². The molecule has 0 radical (unpaired) electrons. The maximum atomic E-state index is 13.8. The van der Waals surface area contributed by atoms with E-state index < -0.39 is 73.6 Å². The van der Waals surface area contributed by atoms with Crippen LogP contribution in [-0.4, -0.2) is 132 Å². The fraction of sp³-hybridized carbons (Fsp3) is 0.763. The molecule has 0 aromatic heterocycles. The second-order valence-electron chi connectivity index (χ2n) is 16.3. The van der Waals surface area contributed by atoms with Gasteiger partial charge in [-0.15, -0.1) is 0 Å². The van der Waals surface area contributed by atoms with Crippen molar-refractivity contribution in [3.63, 3.8) is 0 Å². The molecule has 0 aliphatic rings. The summed E-state index contributed by atoms with van der Waals surface area (Å²) in [4.78, 5) is 39.5. The van der Waals surface area contributed by atoms with Gasteiger partial charge in [0.2, 0.25) is 41.9 Å². The zero-order valence-electron chi connectivity index (χ0n) is 35.4. The Bertz CT molecular complexity index is 1710. The van der Waals surface area contributed by atoms with Crippen molar-refractivity contribution in [3.8, 4) is 0 Å².